The molecule has 1 aliphatic rings. The van der Waals surface area contributed by atoms with Crippen molar-refractivity contribution in [2.75, 3.05) is 6.54 Å². The molecule has 5 heteroatoms. The first kappa shape index (κ1) is 11.1. The number of hydrogen-bond donors (Lipinski definition) is 2. The van der Waals surface area contributed by atoms with Gasteiger partial charge in [0.25, 0.3) is 0 Å². The third kappa shape index (κ3) is 1.71. The van der Waals surface area contributed by atoms with Gasteiger partial charge >= 0.3 is 5.97 Å². The summed E-state index contributed by atoms with van der Waals surface area (Å²) >= 11 is 0. The van der Waals surface area contributed by atoms with Crippen LogP contribution in [0.15, 0.2) is 6.20 Å². The number of fused-ring (bicyclic) bond motifs is 1. The summed E-state index contributed by atoms with van der Waals surface area (Å²) in [5.74, 6) is -1.26. The Morgan fingerprint density at radius 1 is 1.62 bits per heavy atom. The Morgan fingerprint density at radius 2 is 2.31 bits per heavy atom. The maximum atomic E-state index is 11.1. The molecule has 1 aromatic rings. The molecule has 1 aliphatic heterocycles. The third-order valence-corrected chi connectivity index (χ3v) is 2.85. The summed E-state index contributed by atoms with van der Waals surface area (Å²) in [7, 11) is 0. The highest BCUT2D eigenvalue weighted by Gasteiger charge is 2.31. The van der Waals surface area contributed by atoms with Crippen LogP contribution in [-0.4, -0.2) is 27.4 Å². The molecule has 88 valence electrons. The average molecular weight is 223 g/mol. The Bertz CT molecular complexity index is 417. The number of carboxylic acid groups (broad SMARTS) is 1. The van der Waals surface area contributed by atoms with E-state index in [0.717, 1.165) is 11.3 Å². The molecule has 0 saturated carbocycles. The molecule has 2 rings (SSSR count). The molecule has 1 aromatic heterocycles. The fourth-order valence-corrected chi connectivity index (χ4v) is 2.10. The van der Waals surface area contributed by atoms with E-state index in [1.807, 2.05) is 4.68 Å². The number of aromatic nitrogens is 2. The van der Waals surface area contributed by atoms with E-state index in [1.54, 1.807) is 6.20 Å². The van der Waals surface area contributed by atoms with Gasteiger partial charge in [-0.25, -0.2) is 0 Å². The molecule has 5 nitrogen and oxygen atoms in total. The summed E-state index contributed by atoms with van der Waals surface area (Å²) < 4.78 is 1.91. The summed E-state index contributed by atoms with van der Waals surface area (Å²) in [4.78, 5) is 11.1. The SMILES string of the molecule is CC(C)(C)n1ncc2c1CNCC2C(=O)O. The summed E-state index contributed by atoms with van der Waals surface area (Å²) in [6.45, 7) is 7.36. The van der Waals surface area contributed by atoms with Crippen molar-refractivity contribution in [3.05, 3.63) is 17.5 Å². The first-order valence-electron chi connectivity index (χ1n) is 5.42. The zero-order valence-electron chi connectivity index (χ0n) is 9.82. The monoisotopic (exact) mass is 223 g/mol. The van der Waals surface area contributed by atoms with Crippen molar-refractivity contribution in [1.29, 1.82) is 0 Å². The maximum absolute atomic E-state index is 11.1. The molecular weight excluding hydrogens is 206 g/mol. The number of nitrogens with zero attached hydrogens (tertiary/aromatic N) is 2. The molecule has 0 amide bonds. The number of nitrogens with one attached hydrogen (secondary N) is 1. The molecule has 1 unspecified atom stereocenters. The van der Waals surface area contributed by atoms with Gasteiger partial charge in [0.05, 0.1) is 23.3 Å². The fourth-order valence-electron chi connectivity index (χ4n) is 2.10. The molecule has 2 heterocycles. The standard InChI is InChI=1S/C11H17N3O2/c1-11(2,3)14-9-6-12-4-8(10(15)16)7(9)5-13-14/h5,8,12H,4,6H2,1-3H3,(H,15,16). The van der Waals surface area contributed by atoms with Gasteiger partial charge in [0.1, 0.15) is 0 Å². The van der Waals surface area contributed by atoms with Crippen LogP contribution in [0.1, 0.15) is 37.9 Å². The summed E-state index contributed by atoms with van der Waals surface area (Å²) in [6.07, 6.45) is 1.69. The normalized spacial score (nSPS) is 20.6. The van der Waals surface area contributed by atoms with Gasteiger partial charge in [-0.3, -0.25) is 9.48 Å². The smallest absolute Gasteiger partial charge is 0.312 e. The van der Waals surface area contributed by atoms with E-state index in [4.69, 9.17) is 5.11 Å². The van der Waals surface area contributed by atoms with E-state index in [2.05, 4.69) is 31.2 Å². The van der Waals surface area contributed by atoms with Crippen molar-refractivity contribution in [2.24, 2.45) is 0 Å². The number of carboxylic acids is 1. The van der Waals surface area contributed by atoms with Gasteiger partial charge in [0, 0.05) is 18.7 Å². The highest BCUT2D eigenvalue weighted by Crippen LogP contribution is 2.27. The molecule has 16 heavy (non-hydrogen) atoms. The lowest BCUT2D eigenvalue weighted by Gasteiger charge is -2.26. The Hall–Kier alpha value is -1.36. The maximum Gasteiger partial charge on any atom is 0.312 e. The largest absolute Gasteiger partial charge is 0.481 e. The Labute approximate surface area is 94.5 Å². The first-order chi connectivity index (χ1) is 7.41. The fraction of sp³-hybridized carbons (Fsp3) is 0.636. The average Bonchev–Trinajstić information content (AvgIpc) is 2.59. The van der Waals surface area contributed by atoms with Crippen molar-refractivity contribution < 1.29 is 9.90 Å². The predicted octanol–water partition coefficient (Wildman–Crippen LogP) is 0.909. The molecule has 0 aliphatic carbocycles. The molecular formula is C11H17N3O2. The lowest BCUT2D eigenvalue weighted by molar-refractivity contribution is -0.138. The zero-order valence-corrected chi connectivity index (χ0v) is 9.82. The minimum Gasteiger partial charge on any atom is -0.481 e. The van der Waals surface area contributed by atoms with Crippen molar-refractivity contribution in [3.8, 4) is 0 Å². The Morgan fingerprint density at radius 3 is 2.88 bits per heavy atom. The molecule has 0 spiro atoms. The van der Waals surface area contributed by atoms with Crippen LogP contribution in [-0.2, 0) is 16.9 Å². The second kappa shape index (κ2) is 3.59. The van der Waals surface area contributed by atoms with Crippen molar-refractivity contribution >= 4 is 5.97 Å². The van der Waals surface area contributed by atoms with Gasteiger partial charge in [-0.15, -0.1) is 0 Å². The molecule has 0 bridgehead atoms. The van der Waals surface area contributed by atoms with Crippen LogP contribution < -0.4 is 5.32 Å². The zero-order chi connectivity index (χ0) is 11.9. The Balaban J connectivity index is 2.46. The van der Waals surface area contributed by atoms with Crippen LogP contribution in [0, 0.1) is 0 Å². The highest BCUT2D eigenvalue weighted by molar-refractivity contribution is 5.77. The van der Waals surface area contributed by atoms with Crippen molar-refractivity contribution in [2.45, 2.75) is 38.8 Å². The van der Waals surface area contributed by atoms with E-state index in [1.165, 1.54) is 0 Å². The third-order valence-electron chi connectivity index (χ3n) is 2.85. The second-order valence-corrected chi connectivity index (χ2v) is 5.15. The molecule has 2 N–H and O–H groups in total. The minimum absolute atomic E-state index is 0.115. The van der Waals surface area contributed by atoms with E-state index in [0.29, 0.717) is 13.1 Å². The highest BCUT2D eigenvalue weighted by atomic mass is 16.4. The van der Waals surface area contributed by atoms with Crippen LogP contribution in [0.2, 0.25) is 0 Å². The van der Waals surface area contributed by atoms with Gasteiger partial charge in [-0.1, -0.05) is 0 Å². The summed E-state index contributed by atoms with van der Waals surface area (Å²) in [5, 5.41) is 16.6. The van der Waals surface area contributed by atoms with Crippen molar-refractivity contribution in [1.82, 2.24) is 15.1 Å². The van der Waals surface area contributed by atoms with Gasteiger partial charge in [-0.05, 0) is 20.8 Å². The van der Waals surface area contributed by atoms with Crippen LogP contribution in [0.25, 0.3) is 0 Å². The molecule has 0 aromatic carbocycles. The predicted molar refractivity (Wildman–Crippen MR) is 59.3 cm³/mol. The van der Waals surface area contributed by atoms with Crippen LogP contribution in [0.3, 0.4) is 0 Å². The van der Waals surface area contributed by atoms with Gasteiger partial charge in [0.15, 0.2) is 0 Å². The molecule has 0 fully saturated rings. The molecule has 0 radical (unpaired) electrons. The topological polar surface area (TPSA) is 67.2 Å². The summed E-state index contributed by atoms with van der Waals surface area (Å²) in [6, 6.07) is 0. The number of hydrogen-bond acceptors (Lipinski definition) is 3. The van der Waals surface area contributed by atoms with E-state index in [9.17, 15) is 4.79 Å². The minimum atomic E-state index is -0.790. The van der Waals surface area contributed by atoms with E-state index < -0.39 is 11.9 Å². The first-order valence-corrected chi connectivity index (χ1v) is 5.42. The van der Waals surface area contributed by atoms with Gasteiger partial charge in [0.2, 0.25) is 0 Å². The number of aliphatic carboxylic acids is 1. The van der Waals surface area contributed by atoms with Crippen LogP contribution >= 0.6 is 0 Å². The lowest BCUT2D eigenvalue weighted by atomic mass is 9.96. The molecule has 1 atom stereocenters. The van der Waals surface area contributed by atoms with E-state index in [-0.39, 0.29) is 5.54 Å². The number of rotatable bonds is 1. The summed E-state index contributed by atoms with van der Waals surface area (Å²) in [5.41, 5.74) is 1.72. The van der Waals surface area contributed by atoms with Crippen molar-refractivity contribution in [3.63, 3.8) is 0 Å². The van der Waals surface area contributed by atoms with Crippen LogP contribution in [0.4, 0.5) is 0 Å². The number of carbonyl (C=O) groups is 1. The van der Waals surface area contributed by atoms with Gasteiger partial charge < -0.3 is 10.4 Å². The molecule has 0 saturated heterocycles. The lowest BCUT2D eigenvalue weighted by Crippen LogP contribution is -2.35. The second-order valence-electron chi connectivity index (χ2n) is 5.15. The van der Waals surface area contributed by atoms with Gasteiger partial charge in [-0.2, -0.15) is 5.10 Å². The quantitative estimate of drug-likeness (QED) is 0.742. The van der Waals surface area contributed by atoms with Crippen LogP contribution in [0.5, 0.6) is 0 Å². The van der Waals surface area contributed by atoms with E-state index >= 15 is 0 Å². The Kier molecular flexibility index (Phi) is 2.50.